The Morgan fingerprint density at radius 2 is 2.09 bits per heavy atom. The second-order valence-electron chi connectivity index (χ2n) is 6.80. The summed E-state index contributed by atoms with van der Waals surface area (Å²) in [7, 11) is 0. The molecule has 1 aromatic rings. The van der Waals surface area contributed by atoms with Crippen molar-refractivity contribution >= 4 is 5.91 Å². The number of rotatable bonds is 2. The molecular formula is C16H23N3O4. The molecule has 23 heavy (non-hydrogen) atoms. The van der Waals surface area contributed by atoms with Gasteiger partial charge in [0.2, 0.25) is 5.91 Å². The van der Waals surface area contributed by atoms with E-state index in [0.29, 0.717) is 37.4 Å². The zero-order chi connectivity index (χ0) is 15.8. The molecule has 4 heterocycles. The van der Waals surface area contributed by atoms with Gasteiger partial charge >= 0.3 is 0 Å². The van der Waals surface area contributed by atoms with Gasteiger partial charge in [0.1, 0.15) is 6.10 Å². The van der Waals surface area contributed by atoms with Crippen LogP contribution in [0.25, 0.3) is 0 Å². The molecule has 0 spiro atoms. The molecular weight excluding hydrogens is 298 g/mol. The van der Waals surface area contributed by atoms with Crippen molar-refractivity contribution < 1.29 is 18.8 Å². The van der Waals surface area contributed by atoms with Crippen LogP contribution < -0.4 is 0 Å². The Kier molecular flexibility index (Phi) is 4.07. The molecule has 3 saturated heterocycles. The third-order valence-corrected chi connectivity index (χ3v) is 5.25. The van der Waals surface area contributed by atoms with Gasteiger partial charge in [-0.2, -0.15) is 4.98 Å². The molecule has 0 radical (unpaired) electrons. The Morgan fingerprint density at radius 1 is 1.26 bits per heavy atom. The maximum atomic E-state index is 12.7. The summed E-state index contributed by atoms with van der Waals surface area (Å²) in [5.41, 5.74) is 0. The average molecular weight is 321 g/mol. The van der Waals surface area contributed by atoms with E-state index < -0.39 is 0 Å². The van der Waals surface area contributed by atoms with E-state index in [1.807, 2.05) is 11.8 Å². The molecule has 0 aliphatic carbocycles. The summed E-state index contributed by atoms with van der Waals surface area (Å²) >= 11 is 0. The first-order valence-corrected chi connectivity index (χ1v) is 8.53. The second-order valence-corrected chi connectivity index (χ2v) is 6.80. The summed E-state index contributed by atoms with van der Waals surface area (Å²) in [5, 5.41) is 3.84. The predicted octanol–water partition coefficient (Wildman–Crippen LogP) is 1.48. The molecule has 126 valence electrons. The van der Waals surface area contributed by atoms with E-state index in [-0.39, 0.29) is 24.0 Å². The standard InChI is InChI=1S/C16H23N3O4/c1-10-17-15(23-18-10)13-8-12-2-5-19(9-14(12)22-13)16(20)11-3-6-21-7-4-11/h11-14H,2-9H2,1H3/t12-,13+,14+/m1/s1. The molecule has 0 unspecified atom stereocenters. The van der Waals surface area contributed by atoms with Crippen LogP contribution in [0, 0.1) is 18.8 Å². The van der Waals surface area contributed by atoms with Gasteiger partial charge in [-0.1, -0.05) is 5.16 Å². The Bertz CT molecular complexity index is 569. The fourth-order valence-corrected chi connectivity index (χ4v) is 3.94. The molecule has 3 fully saturated rings. The number of carbonyl (C=O) groups excluding carboxylic acids is 1. The summed E-state index contributed by atoms with van der Waals surface area (Å²) in [5.74, 6) is 2.07. The molecule has 1 aromatic heterocycles. The van der Waals surface area contributed by atoms with Crippen LogP contribution in [-0.2, 0) is 14.3 Å². The van der Waals surface area contributed by atoms with Crippen LogP contribution in [0.5, 0.6) is 0 Å². The Labute approximate surface area is 135 Å². The molecule has 0 N–H and O–H groups in total. The predicted molar refractivity (Wildman–Crippen MR) is 79.5 cm³/mol. The van der Waals surface area contributed by atoms with E-state index in [9.17, 15) is 4.79 Å². The summed E-state index contributed by atoms with van der Waals surface area (Å²) in [6, 6.07) is 0. The van der Waals surface area contributed by atoms with Crippen molar-refractivity contribution in [3.63, 3.8) is 0 Å². The van der Waals surface area contributed by atoms with Gasteiger partial charge in [-0.25, -0.2) is 0 Å². The molecule has 7 heteroatoms. The van der Waals surface area contributed by atoms with Crippen LogP contribution >= 0.6 is 0 Å². The molecule has 7 nitrogen and oxygen atoms in total. The zero-order valence-corrected chi connectivity index (χ0v) is 13.4. The molecule has 3 aliphatic heterocycles. The third kappa shape index (κ3) is 2.99. The number of hydrogen-bond donors (Lipinski definition) is 0. The zero-order valence-electron chi connectivity index (χ0n) is 13.4. The number of amides is 1. The van der Waals surface area contributed by atoms with Crippen LogP contribution in [0.1, 0.15) is 43.5 Å². The first-order valence-electron chi connectivity index (χ1n) is 8.53. The van der Waals surface area contributed by atoms with E-state index in [1.54, 1.807) is 0 Å². The minimum absolute atomic E-state index is 0.0877. The van der Waals surface area contributed by atoms with Gasteiger partial charge in [0.15, 0.2) is 5.82 Å². The number of likely N-dealkylation sites (tertiary alicyclic amines) is 1. The number of ether oxygens (including phenoxy) is 2. The van der Waals surface area contributed by atoms with Crippen LogP contribution in [0.4, 0.5) is 0 Å². The van der Waals surface area contributed by atoms with Gasteiger partial charge in [-0.3, -0.25) is 4.79 Å². The second kappa shape index (κ2) is 6.20. The third-order valence-electron chi connectivity index (χ3n) is 5.25. The number of fused-ring (bicyclic) bond motifs is 1. The molecule has 1 amide bonds. The lowest BCUT2D eigenvalue weighted by molar-refractivity contribution is -0.143. The average Bonchev–Trinajstić information content (AvgIpc) is 3.20. The normalized spacial score (nSPS) is 32.0. The fourth-order valence-electron chi connectivity index (χ4n) is 3.94. The van der Waals surface area contributed by atoms with Crippen molar-refractivity contribution in [2.75, 3.05) is 26.3 Å². The molecule has 3 atom stereocenters. The molecule has 3 aliphatic rings. The topological polar surface area (TPSA) is 77.7 Å². The van der Waals surface area contributed by atoms with Gasteiger partial charge in [0.05, 0.1) is 6.10 Å². The van der Waals surface area contributed by atoms with Crippen LogP contribution in [0.2, 0.25) is 0 Å². The highest BCUT2D eigenvalue weighted by Crippen LogP contribution is 2.40. The van der Waals surface area contributed by atoms with E-state index in [2.05, 4.69) is 10.1 Å². The number of aromatic nitrogens is 2. The first-order chi connectivity index (χ1) is 11.2. The van der Waals surface area contributed by atoms with Gasteiger partial charge < -0.3 is 18.9 Å². The van der Waals surface area contributed by atoms with Crippen LogP contribution in [0.15, 0.2) is 4.52 Å². The highest BCUT2D eigenvalue weighted by atomic mass is 16.5. The van der Waals surface area contributed by atoms with Crippen molar-refractivity contribution in [3.05, 3.63) is 11.7 Å². The van der Waals surface area contributed by atoms with Crippen LogP contribution in [0.3, 0.4) is 0 Å². The first kappa shape index (κ1) is 15.1. The Morgan fingerprint density at radius 3 is 2.83 bits per heavy atom. The lowest BCUT2D eigenvalue weighted by Gasteiger charge is -2.36. The fraction of sp³-hybridized carbons (Fsp3) is 0.812. The van der Waals surface area contributed by atoms with Crippen molar-refractivity contribution in [1.82, 2.24) is 15.0 Å². The SMILES string of the molecule is Cc1noc([C@@H]2C[C@H]3CCN(C(=O)C4CCOCC4)C[C@@H]3O2)n1. The van der Waals surface area contributed by atoms with Crippen molar-refractivity contribution in [3.8, 4) is 0 Å². The quantitative estimate of drug-likeness (QED) is 0.821. The number of carbonyl (C=O) groups is 1. The van der Waals surface area contributed by atoms with Gasteiger partial charge in [-0.05, 0) is 38.5 Å². The number of piperidine rings is 1. The monoisotopic (exact) mass is 321 g/mol. The van der Waals surface area contributed by atoms with Crippen molar-refractivity contribution in [2.45, 2.75) is 44.8 Å². The summed E-state index contributed by atoms with van der Waals surface area (Å²) in [6.07, 6.45) is 3.55. The lowest BCUT2D eigenvalue weighted by atomic mass is 9.90. The number of hydrogen-bond acceptors (Lipinski definition) is 6. The largest absolute Gasteiger partial charge is 0.381 e. The highest BCUT2D eigenvalue weighted by molar-refractivity contribution is 5.79. The summed E-state index contributed by atoms with van der Waals surface area (Å²) < 4.78 is 16.7. The molecule has 0 saturated carbocycles. The molecule has 4 rings (SSSR count). The van der Waals surface area contributed by atoms with E-state index in [0.717, 1.165) is 32.2 Å². The summed E-state index contributed by atoms with van der Waals surface area (Å²) in [4.78, 5) is 18.9. The minimum atomic E-state index is -0.121. The van der Waals surface area contributed by atoms with Crippen molar-refractivity contribution in [2.24, 2.45) is 11.8 Å². The Hall–Kier alpha value is -1.47. The molecule has 0 aromatic carbocycles. The highest BCUT2D eigenvalue weighted by Gasteiger charge is 2.43. The maximum absolute atomic E-state index is 12.7. The van der Waals surface area contributed by atoms with Gasteiger partial charge in [-0.15, -0.1) is 0 Å². The van der Waals surface area contributed by atoms with E-state index >= 15 is 0 Å². The summed E-state index contributed by atoms with van der Waals surface area (Å²) in [6.45, 7) is 4.72. The minimum Gasteiger partial charge on any atom is -0.381 e. The van der Waals surface area contributed by atoms with Crippen LogP contribution in [-0.4, -0.2) is 53.4 Å². The smallest absolute Gasteiger partial charge is 0.255 e. The van der Waals surface area contributed by atoms with Gasteiger partial charge in [0, 0.05) is 32.2 Å². The van der Waals surface area contributed by atoms with Crippen molar-refractivity contribution in [1.29, 1.82) is 0 Å². The van der Waals surface area contributed by atoms with E-state index in [1.165, 1.54) is 0 Å². The molecule has 0 bridgehead atoms. The van der Waals surface area contributed by atoms with E-state index in [4.69, 9.17) is 14.0 Å². The number of aryl methyl sites for hydroxylation is 1. The maximum Gasteiger partial charge on any atom is 0.255 e. The lowest BCUT2D eigenvalue weighted by Crippen LogP contribution is -2.48. The number of nitrogens with zero attached hydrogens (tertiary/aromatic N) is 3. The Balaban J connectivity index is 1.38. The van der Waals surface area contributed by atoms with Gasteiger partial charge in [0.25, 0.3) is 5.89 Å².